The fourth-order valence-electron chi connectivity index (χ4n) is 3.47. The van der Waals surface area contributed by atoms with Gasteiger partial charge in [-0.15, -0.1) is 0 Å². The number of hydrogen-bond acceptors (Lipinski definition) is 2. The number of fused-ring (bicyclic) bond motifs is 3. The van der Waals surface area contributed by atoms with Crippen molar-refractivity contribution < 1.29 is 13.6 Å². The third kappa shape index (κ3) is 2.32. The molecule has 0 amide bonds. The molecule has 0 radical (unpaired) electrons. The van der Waals surface area contributed by atoms with Gasteiger partial charge < -0.3 is 0 Å². The van der Waals surface area contributed by atoms with Crippen LogP contribution >= 0.6 is 0 Å². The predicted octanol–water partition coefficient (Wildman–Crippen LogP) is 5.16. The van der Waals surface area contributed by atoms with Gasteiger partial charge in [0.25, 0.3) is 5.91 Å². The van der Waals surface area contributed by atoms with Gasteiger partial charge in [-0.1, -0.05) is 18.2 Å². The molecular weight excluding hydrogens is 346 g/mol. The van der Waals surface area contributed by atoms with E-state index in [-0.39, 0.29) is 17.5 Å². The summed E-state index contributed by atoms with van der Waals surface area (Å²) >= 11 is 0. The van der Waals surface area contributed by atoms with E-state index in [1.165, 1.54) is 24.3 Å². The number of hydrogen-bond donors (Lipinski definition) is 0. The molecule has 0 saturated carbocycles. The summed E-state index contributed by atoms with van der Waals surface area (Å²) < 4.78 is 28.4. The molecule has 0 atom stereocenters. The van der Waals surface area contributed by atoms with E-state index < -0.39 is 0 Å². The largest absolute Gasteiger partial charge is 0.268 e. The van der Waals surface area contributed by atoms with Crippen LogP contribution < -0.4 is 0 Å². The van der Waals surface area contributed by atoms with Gasteiger partial charge in [0.1, 0.15) is 17.5 Å². The van der Waals surface area contributed by atoms with Crippen LogP contribution in [0.1, 0.15) is 10.4 Å². The molecule has 1 aromatic heterocycles. The normalized spacial score (nSPS) is 12.1. The van der Waals surface area contributed by atoms with Crippen molar-refractivity contribution in [1.82, 2.24) is 9.55 Å². The Morgan fingerprint density at radius 3 is 1.89 bits per heavy atom. The van der Waals surface area contributed by atoms with Gasteiger partial charge in [-0.3, -0.25) is 9.36 Å². The van der Waals surface area contributed by atoms with Crippen LogP contribution in [0.25, 0.3) is 33.9 Å². The molecule has 2 heterocycles. The number of nitrogens with zero attached hydrogens (tertiary/aromatic N) is 2. The number of imidazole rings is 1. The Morgan fingerprint density at radius 2 is 1.26 bits per heavy atom. The topological polar surface area (TPSA) is 34.9 Å². The first-order valence-electron chi connectivity index (χ1n) is 8.42. The van der Waals surface area contributed by atoms with Crippen molar-refractivity contribution in [3.05, 3.63) is 90.0 Å². The van der Waals surface area contributed by atoms with Crippen LogP contribution in [0.3, 0.4) is 0 Å². The molecule has 0 aliphatic carbocycles. The minimum atomic E-state index is -0.363. The maximum Gasteiger partial charge on any atom is 0.264 e. The Labute approximate surface area is 153 Å². The first kappa shape index (κ1) is 15.6. The van der Waals surface area contributed by atoms with E-state index in [1.54, 1.807) is 34.9 Å². The standard InChI is InChI=1S/C22H12F2N2O/c23-15-9-5-13(6-10-15)19-20(14-7-11-16(24)12-8-14)26-21(25-19)17-3-1-2-4-18(17)22(26)27/h1-12H. The van der Waals surface area contributed by atoms with Crippen molar-refractivity contribution in [2.24, 2.45) is 0 Å². The zero-order chi connectivity index (χ0) is 18.5. The highest BCUT2D eigenvalue weighted by atomic mass is 19.1. The Hall–Kier alpha value is -3.60. The fraction of sp³-hybridized carbons (Fsp3) is 0. The monoisotopic (exact) mass is 358 g/mol. The lowest BCUT2D eigenvalue weighted by atomic mass is 10.0. The van der Waals surface area contributed by atoms with Crippen molar-refractivity contribution in [2.45, 2.75) is 0 Å². The molecular formula is C22H12F2N2O. The third-order valence-electron chi connectivity index (χ3n) is 4.71. The molecule has 0 spiro atoms. The molecule has 3 nitrogen and oxygen atoms in total. The fourth-order valence-corrected chi connectivity index (χ4v) is 3.47. The van der Waals surface area contributed by atoms with Gasteiger partial charge in [0, 0.05) is 16.7 Å². The molecule has 5 heteroatoms. The van der Waals surface area contributed by atoms with Crippen molar-refractivity contribution in [3.8, 4) is 33.9 Å². The van der Waals surface area contributed by atoms with Crippen LogP contribution in [0, 0.1) is 11.6 Å². The molecule has 0 unspecified atom stereocenters. The highest BCUT2D eigenvalue weighted by Crippen LogP contribution is 2.41. The highest BCUT2D eigenvalue weighted by molar-refractivity contribution is 6.11. The number of carbonyl (C=O) groups excluding carboxylic acids is 1. The van der Waals surface area contributed by atoms with Gasteiger partial charge >= 0.3 is 0 Å². The van der Waals surface area contributed by atoms with Crippen molar-refractivity contribution >= 4 is 5.91 Å². The van der Waals surface area contributed by atoms with Gasteiger partial charge in [0.05, 0.1) is 17.0 Å². The van der Waals surface area contributed by atoms with Crippen molar-refractivity contribution in [3.63, 3.8) is 0 Å². The lowest BCUT2D eigenvalue weighted by molar-refractivity contribution is 0.0971. The first-order valence-corrected chi connectivity index (χ1v) is 8.42. The van der Waals surface area contributed by atoms with Gasteiger partial charge in [0.15, 0.2) is 0 Å². The number of halogens is 2. The molecule has 1 aliphatic rings. The Kier molecular flexibility index (Phi) is 3.31. The van der Waals surface area contributed by atoms with Gasteiger partial charge in [-0.25, -0.2) is 13.8 Å². The van der Waals surface area contributed by atoms with E-state index in [0.717, 1.165) is 5.56 Å². The van der Waals surface area contributed by atoms with Gasteiger partial charge in [-0.05, 0) is 54.6 Å². The van der Waals surface area contributed by atoms with Crippen LogP contribution in [0.15, 0.2) is 72.8 Å². The van der Waals surface area contributed by atoms with Crippen molar-refractivity contribution in [1.29, 1.82) is 0 Å². The molecule has 4 aromatic rings. The summed E-state index contributed by atoms with van der Waals surface area (Å²) in [5.74, 6) is -0.358. The van der Waals surface area contributed by atoms with E-state index in [1.807, 2.05) is 18.2 Å². The summed E-state index contributed by atoms with van der Waals surface area (Å²) in [5.41, 5.74) is 3.80. The van der Waals surface area contributed by atoms with E-state index in [0.29, 0.717) is 33.9 Å². The van der Waals surface area contributed by atoms with Crippen LogP contribution in [-0.4, -0.2) is 15.5 Å². The quantitative estimate of drug-likeness (QED) is 0.437. The van der Waals surface area contributed by atoms with E-state index in [9.17, 15) is 13.6 Å². The van der Waals surface area contributed by atoms with E-state index in [4.69, 9.17) is 4.98 Å². The maximum absolute atomic E-state index is 13.4. The highest BCUT2D eigenvalue weighted by Gasteiger charge is 2.33. The van der Waals surface area contributed by atoms with Crippen LogP contribution in [0.2, 0.25) is 0 Å². The molecule has 0 fully saturated rings. The molecule has 0 bridgehead atoms. The minimum absolute atomic E-state index is 0.180. The smallest absolute Gasteiger partial charge is 0.264 e. The molecule has 5 rings (SSSR count). The molecule has 1 aliphatic heterocycles. The second-order valence-corrected chi connectivity index (χ2v) is 6.33. The zero-order valence-corrected chi connectivity index (χ0v) is 14.0. The second kappa shape index (κ2) is 5.71. The van der Waals surface area contributed by atoms with E-state index >= 15 is 0 Å². The minimum Gasteiger partial charge on any atom is -0.268 e. The molecule has 130 valence electrons. The Bertz CT molecular complexity index is 1190. The van der Waals surface area contributed by atoms with Crippen LogP contribution in [0.4, 0.5) is 8.78 Å². The first-order chi connectivity index (χ1) is 13.1. The lowest BCUT2D eigenvalue weighted by Gasteiger charge is -2.08. The second-order valence-electron chi connectivity index (χ2n) is 6.33. The molecule has 3 aromatic carbocycles. The summed E-state index contributed by atoms with van der Waals surface area (Å²) in [4.78, 5) is 17.7. The average molecular weight is 358 g/mol. The van der Waals surface area contributed by atoms with Crippen LogP contribution in [0.5, 0.6) is 0 Å². The molecule has 0 N–H and O–H groups in total. The zero-order valence-electron chi connectivity index (χ0n) is 14.0. The number of aromatic nitrogens is 2. The molecule has 27 heavy (non-hydrogen) atoms. The maximum atomic E-state index is 13.4. The van der Waals surface area contributed by atoms with Crippen LogP contribution in [-0.2, 0) is 0 Å². The predicted molar refractivity (Wildman–Crippen MR) is 98.2 cm³/mol. The third-order valence-corrected chi connectivity index (χ3v) is 4.71. The summed E-state index contributed by atoms with van der Waals surface area (Å²) in [6.45, 7) is 0. The Balaban J connectivity index is 1.82. The summed E-state index contributed by atoms with van der Waals surface area (Å²) in [5, 5.41) is 0. The van der Waals surface area contributed by atoms with Gasteiger partial charge in [-0.2, -0.15) is 0 Å². The number of benzene rings is 3. The number of carbonyl (C=O) groups is 1. The summed E-state index contributed by atoms with van der Waals surface area (Å²) in [6, 6.07) is 19.1. The Morgan fingerprint density at radius 1 is 0.704 bits per heavy atom. The average Bonchev–Trinajstić information content (AvgIpc) is 3.20. The summed E-state index contributed by atoms with van der Waals surface area (Å²) in [7, 11) is 0. The van der Waals surface area contributed by atoms with E-state index in [2.05, 4.69) is 0 Å². The van der Waals surface area contributed by atoms with Gasteiger partial charge in [0.2, 0.25) is 0 Å². The number of rotatable bonds is 2. The summed E-state index contributed by atoms with van der Waals surface area (Å²) in [6.07, 6.45) is 0. The van der Waals surface area contributed by atoms with Crippen molar-refractivity contribution in [2.75, 3.05) is 0 Å². The lowest BCUT2D eigenvalue weighted by Crippen LogP contribution is -2.08. The SMILES string of the molecule is O=C1c2ccccc2-c2nc(-c3ccc(F)cc3)c(-c3ccc(F)cc3)n21. The molecule has 0 saturated heterocycles.